The molecule has 2 aromatic carbocycles. The summed E-state index contributed by atoms with van der Waals surface area (Å²) in [6, 6.07) is 22.5. The molecule has 0 aliphatic carbocycles. The second kappa shape index (κ2) is 9.90. The summed E-state index contributed by atoms with van der Waals surface area (Å²) in [7, 11) is 0. The van der Waals surface area contributed by atoms with Crippen LogP contribution in [0.15, 0.2) is 72.9 Å². The molecule has 0 bridgehead atoms. The van der Waals surface area contributed by atoms with Crippen LogP contribution in [-0.4, -0.2) is 28.9 Å². The number of aromatic nitrogens is 1. The van der Waals surface area contributed by atoms with Crippen LogP contribution in [0.5, 0.6) is 0 Å². The van der Waals surface area contributed by atoms with E-state index >= 15 is 0 Å². The monoisotopic (exact) mass is 418 g/mol. The minimum atomic E-state index is 0.223. The molecule has 2 heterocycles. The van der Waals surface area contributed by atoms with Crippen molar-refractivity contribution >= 4 is 17.5 Å². The van der Waals surface area contributed by atoms with E-state index < -0.39 is 0 Å². The number of amides is 1. The molecular formula is C26H27ClN2O. The van der Waals surface area contributed by atoms with Crippen molar-refractivity contribution in [2.45, 2.75) is 38.0 Å². The zero-order valence-corrected chi connectivity index (χ0v) is 17.9. The maximum atomic E-state index is 12.8. The molecule has 0 spiro atoms. The molecule has 3 aromatic rings. The lowest BCUT2D eigenvalue weighted by molar-refractivity contribution is -0.132. The number of carbonyl (C=O) groups is 1. The predicted molar refractivity (Wildman–Crippen MR) is 122 cm³/mol. The van der Waals surface area contributed by atoms with Gasteiger partial charge < -0.3 is 4.90 Å². The van der Waals surface area contributed by atoms with Crippen molar-refractivity contribution in [3.63, 3.8) is 0 Å². The lowest BCUT2D eigenvalue weighted by Crippen LogP contribution is -2.39. The molecule has 154 valence electrons. The summed E-state index contributed by atoms with van der Waals surface area (Å²) in [6.45, 7) is 1.61. The van der Waals surface area contributed by atoms with Crippen LogP contribution in [0.4, 0.5) is 0 Å². The van der Waals surface area contributed by atoms with E-state index in [2.05, 4.69) is 36.4 Å². The summed E-state index contributed by atoms with van der Waals surface area (Å²) < 4.78 is 0. The van der Waals surface area contributed by atoms with Crippen molar-refractivity contribution in [3.05, 3.63) is 100 Å². The molecule has 30 heavy (non-hydrogen) atoms. The van der Waals surface area contributed by atoms with E-state index in [-0.39, 0.29) is 5.91 Å². The Morgan fingerprint density at radius 2 is 1.83 bits per heavy atom. The van der Waals surface area contributed by atoms with Crippen molar-refractivity contribution in [1.29, 1.82) is 0 Å². The summed E-state index contributed by atoms with van der Waals surface area (Å²) in [5.74, 6) is 0.542. The minimum Gasteiger partial charge on any atom is -0.342 e. The molecule has 1 fully saturated rings. The number of aryl methyl sites for hydroxylation is 1. The van der Waals surface area contributed by atoms with Crippen LogP contribution < -0.4 is 0 Å². The molecule has 4 heteroatoms. The highest BCUT2D eigenvalue weighted by Crippen LogP contribution is 2.26. The third-order valence-electron chi connectivity index (χ3n) is 5.81. The molecule has 1 saturated heterocycles. The molecular weight excluding hydrogens is 392 g/mol. The number of hydrogen-bond donors (Lipinski definition) is 0. The Labute approximate surface area is 183 Å². The van der Waals surface area contributed by atoms with Crippen molar-refractivity contribution < 1.29 is 4.79 Å². The molecule has 1 aliphatic heterocycles. The fourth-order valence-electron chi connectivity index (χ4n) is 4.16. The van der Waals surface area contributed by atoms with Gasteiger partial charge in [-0.3, -0.25) is 9.78 Å². The number of pyridine rings is 1. The Morgan fingerprint density at radius 1 is 1.00 bits per heavy atom. The van der Waals surface area contributed by atoms with E-state index in [4.69, 9.17) is 16.6 Å². The summed E-state index contributed by atoms with van der Waals surface area (Å²) in [5.41, 5.74) is 4.72. The first-order valence-corrected chi connectivity index (χ1v) is 11.1. The van der Waals surface area contributed by atoms with Crippen molar-refractivity contribution in [2.75, 3.05) is 13.1 Å². The topological polar surface area (TPSA) is 33.2 Å². The van der Waals surface area contributed by atoms with Gasteiger partial charge in [0.05, 0.1) is 0 Å². The molecule has 1 atom stereocenters. The number of likely N-dealkylation sites (tertiary alicyclic amines) is 1. The van der Waals surface area contributed by atoms with Crippen LogP contribution in [0.1, 0.15) is 47.6 Å². The first kappa shape index (κ1) is 20.6. The SMILES string of the molecule is O=C(CCc1cccc(Cl)c1)N1CCCC(c2ccc(Cc3ccccc3)cn2)C1. The van der Waals surface area contributed by atoms with Crippen LogP contribution in [0.25, 0.3) is 0 Å². The van der Waals surface area contributed by atoms with Gasteiger partial charge in [-0.2, -0.15) is 0 Å². The van der Waals surface area contributed by atoms with Crippen LogP contribution in [-0.2, 0) is 17.6 Å². The van der Waals surface area contributed by atoms with Crippen LogP contribution >= 0.6 is 11.6 Å². The molecule has 4 rings (SSSR count). The van der Waals surface area contributed by atoms with Crippen molar-refractivity contribution in [2.24, 2.45) is 0 Å². The van der Waals surface area contributed by atoms with E-state index in [0.29, 0.717) is 12.3 Å². The van der Waals surface area contributed by atoms with Gasteiger partial charge >= 0.3 is 0 Å². The highest BCUT2D eigenvalue weighted by Gasteiger charge is 2.25. The lowest BCUT2D eigenvalue weighted by atomic mass is 9.93. The van der Waals surface area contributed by atoms with Gasteiger partial charge in [0.15, 0.2) is 0 Å². The van der Waals surface area contributed by atoms with Gasteiger partial charge in [0.25, 0.3) is 0 Å². The highest BCUT2D eigenvalue weighted by molar-refractivity contribution is 6.30. The van der Waals surface area contributed by atoms with Gasteiger partial charge in [0, 0.05) is 42.3 Å². The van der Waals surface area contributed by atoms with E-state index in [1.807, 2.05) is 41.4 Å². The molecule has 1 amide bonds. The number of nitrogens with zero attached hydrogens (tertiary/aromatic N) is 2. The van der Waals surface area contributed by atoms with Crippen LogP contribution in [0, 0.1) is 0 Å². The second-order valence-electron chi connectivity index (χ2n) is 8.06. The molecule has 3 nitrogen and oxygen atoms in total. The third kappa shape index (κ3) is 5.48. The fraction of sp³-hybridized carbons (Fsp3) is 0.308. The van der Waals surface area contributed by atoms with Crippen molar-refractivity contribution in [3.8, 4) is 0 Å². The maximum Gasteiger partial charge on any atom is 0.222 e. The summed E-state index contributed by atoms with van der Waals surface area (Å²) in [5, 5.41) is 0.722. The largest absolute Gasteiger partial charge is 0.342 e. The van der Waals surface area contributed by atoms with E-state index in [1.54, 1.807) is 0 Å². The number of hydrogen-bond acceptors (Lipinski definition) is 2. The Kier molecular flexibility index (Phi) is 6.81. The highest BCUT2D eigenvalue weighted by atomic mass is 35.5. The molecule has 1 aromatic heterocycles. The number of piperidine rings is 1. The average molecular weight is 419 g/mol. The van der Waals surface area contributed by atoms with Crippen LogP contribution in [0.3, 0.4) is 0 Å². The number of halogens is 1. The zero-order chi connectivity index (χ0) is 20.8. The van der Waals surface area contributed by atoms with Gasteiger partial charge in [-0.1, -0.05) is 60.1 Å². The van der Waals surface area contributed by atoms with Gasteiger partial charge in [0.1, 0.15) is 0 Å². The first-order chi connectivity index (χ1) is 14.7. The number of carbonyl (C=O) groups excluding carboxylic acids is 1. The second-order valence-corrected chi connectivity index (χ2v) is 8.50. The Hall–Kier alpha value is -2.65. The van der Waals surface area contributed by atoms with E-state index in [1.165, 1.54) is 11.1 Å². The average Bonchev–Trinajstić information content (AvgIpc) is 2.79. The predicted octanol–water partition coefficient (Wildman–Crippen LogP) is 5.66. The molecule has 0 N–H and O–H groups in total. The van der Waals surface area contributed by atoms with E-state index in [9.17, 15) is 4.79 Å². The molecule has 1 aliphatic rings. The van der Waals surface area contributed by atoms with Gasteiger partial charge in [-0.25, -0.2) is 0 Å². The maximum absolute atomic E-state index is 12.8. The standard InChI is InChI=1S/C26H27ClN2O/c27-24-10-4-8-21(17-24)12-14-26(30)29-15-5-9-23(19-29)25-13-11-22(18-28-25)16-20-6-2-1-3-7-20/h1-4,6-8,10-11,13,17-18,23H,5,9,12,14-16,19H2. The first-order valence-electron chi connectivity index (χ1n) is 10.7. The molecule has 0 radical (unpaired) electrons. The summed E-state index contributed by atoms with van der Waals surface area (Å²) >= 11 is 6.05. The van der Waals surface area contributed by atoms with Gasteiger partial charge in [-0.05, 0) is 60.6 Å². The van der Waals surface area contributed by atoms with E-state index in [0.717, 1.165) is 55.1 Å². The Bertz CT molecular complexity index is 972. The van der Waals surface area contributed by atoms with Gasteiger partial charge in [0.2, 0.25) is 5.91 Å². The third-order valence-corrected chi connectivity index (χ3v) is 6.04. The Balaban J connectivity index is 1.33. The lowest BCUT2D eigenvalue weighted by Gasteiger charge is -2.32. The number of rotatable bonds is 6. The normalized spacial score (nSPS) is 16.4. The zero-order valence-electron chi connectivity index (χ0n) is 17.1. The molecule has 1 unspecified atom stereocenters. The van der Waals surface area contributed by atoms with Crippen molar-refractivity contribution in [1.82, 2.24) is 9.88 Å². The Morgan fingerprint density at radius 3 is 2.60 bits per heavy atom. The van der Waals surface area contributed by atoms with Gasteiger partial charge in [-0.15, -0.1) is 0 Å². The summed E-state index contributed by atoms with van der Waals surface area (Å²) in [6.07, 6.45) is 6.25. The fourth-order valence-corrected chi connectivity index (χ4v) is 4.37. The van der Waals surface area contributed by atoms with Crippen LogP contribution in [0.2, 0.25) is 5.02 Å². The summed E-state index contributed by atoms with van der Waals surface area (Å²) in [4.78, 5) is 19.5. The minimum absolute atomic E-state index is 0.223. The quantitative estimate of drug-likeness (QED) is 0.517. The number of benzene rings is 2. The smallest absolute Gasteiger partial charge is 0.222 e. The molecule has 0 saturated carbocycles.